The van der Waals surface area contributed by atoms with E-state index in [0.717, 1.165) is 31.6 Å². The van der Waals surface area contributed by atoms with Crippen molar-refractivity contribution in [3.63, 3.8) is 0 Å². The number of nitrogens with zero attached hydrogens (tertiary/aromatic N) is 1. The van der Waals surface area contributed by atoms with Crippen LogP contribution in [0.15, 0.2) is 84.9 Å². The molecule has 4 aromatic carbocycles. The van der Waals surface area contributed by atoms with Gasteiger partial charge in [-0.3, -0.25) is 9.59 Å². The number of amides is 2. The van der Waals surface area contributed by atoms with Crippen LogP contribution in [-0.4, -0.2) is 16.8 Å². The Balaban J connectivity index is 1.26. The van der Waals surface area contributed by atoms with E-state index in [1.54, 1.807) is 29.5 Å². The first-order valence-corrected chi connectivity index (χ1v) is 11.0. The van der Waals surface area contributed by atoms with Crippen molar-refractivity contribution < 1.29 is 9.59 Å². The fourth-order valence-corrected chi connectivity index (χ4v) is 4.56. The minimum Gasteiger partial charge on any atom is -0.318 e. The number of aromatic nitrogens is 1. The second-order valence-electron chi connectivity index (χ2n) is 7.54. The molecule has 2 amide bonds. The molecule has 156 valence electrons. The summed E-state index contributed by atoms with van der Waals surface area (Å²) < 4.78 is 1.14. The summed E-state index contributed by atoms with van der Waals surface area (Å²) in [6, 6.07) is 26.9. The van der Waals surface area contributed by atoms with Crippen LogP contribution in [0.25, 0.3) is 31.6 Å². The van der Waals surface area contributed by atoms with Gasteiger partial charge in [0.1, 0.15) is 5.01 Å². The fourth-order valence-electron chi connectivity index (χ4n) is 3.49. The fraction of sp³-hybridized carbons (Fsp3) is 0.0385. The summed E-state index contributed by atoms with van der Waals surface area (Å²) in [5, 5.41) is 8.27. The third kappa shape index (κ3) is 4.08. The van der Waals surface area contributed by atoms with Crippen LogP contribution in [0.3, 0.4) is 0 Å². The van der Waals surface area contributed by atoms with Crippen molar-refractivity contribution in [2.24, 2.45) is 0 Å². The molecule has 0 aliphatic heterocycles. The topological polar surface area (TPSA) is 71.1 Å². The largest absolute Gasteiger partial charge is 0.318 e. The maximum atomic E-state index is 12.4. The molecular weight excluding hydrogens is 418 g/mol. The zero-order valence-corrected chi connectivity index (χ0v) is 18.1. The van der Waals surface area contributed by atoms with Gasteiger partial charge in [-0.2, -0.15) is 0 Å². The van der Waals surface area contributed by atoms with E-state index < -0.39 is 11.8 Å². The molecule has 0 bridgehead atoms. The van der Waals surface area contributed by atoms with Crippen LogP contribution in [-0.2, 0) is 9.59 Å². The Kier molecular flexibility index (Phi) is 5.13. The van der Waals surface area contributed by atoms with Crippen LogP contribution in [0.5, 0.6) is 0 Å². The van der Waals surface area contributed by atoms with Gasteiger partial charge in [0.2, 0.25) is 0 Å². The number of thiazole rings is 1. The minimum absolute atomic E-state index is 0.546. The number of benzene rings is 4. The van der Waals surface area contributed by atoms with Crippen molar-refractivity contribution in [3.05, 3.63) is 90.5 Å². The maximum absolute atomic E-state index is 12.4. The molecule has 5 aromatic rings. The zero-order chi connectivity index (χ0) is 22.1. The zero-order valence-electron chi connectivity index (χ0n) is 17.3. The molecule has 0 spiro atoms. The Morgan fingerprint density at radius 2 is 1.44 bits per heavy atom. The van der Waals surface area contributed by atoms with Crippen LogP contribution < -0.4 is 10.6 Å². The summed E-state index contributed by atoms with van der Waals surface area (Å²) in [6.07, 6.45) is 0. The highest BCUT2D eigenvalue weighted by atomic mass is 32.1. The van der Waals surface area contributed by atoms with Gasteiger partial charge in [-0.25, -0.2) is 4.98 Å². The monoisotopic (exact) mass is 437 g/mol. The summed E-state index contributed by atoms with van der Waals surface area (Å²) in [5.41, 5.74) is 4.25. The highest BCUT2D eigenvalue weighted by molar-refractivity contribution is 7.21. The maximum Gasteiger partial charge on any atom is 0.314 e. The Bertz CT molecular complexity index is 1470. The number of rotatable bonds is 3. The third-order valence-corrected chi connectivity index (χ3v) is 6.21. The summed E-state index contributed by atoms with van der Waals surface area (Å²) >= 11 is 1.63. The molecule has 5 rings (SSSR count). The highest BCUT2D eigenvalue weighted by Gasteiger charge is 2.15. The molecule has 0 atom stereocenters. The molecule has 0 unspecified atom stereocenters. The van der Waals surface area contributed by atoms with E-state index in [9.17, 15) is 9.59 Å². The second-order valence-corrected chi connectivity index (χ2v) is 8.57. The Morgan fingerprint density at radius 1 is 0.750 bits per heavy atom. The summed E-state index contributed by atoms with van der Waals surface area (Å²) in [5.74, 6) is -1.44. The van der Waals surface area contributed by atoms with E-state index >= 15 is 0 Å². The van der Waals surface area contributed by atoms with Crippen LogP contribution in [0.4, 0.5) is 11.4 Å². The van der Waals surface area contributed by atoms with Gasteiger partial charge < -0.3 is 10.6 Å². The normalized spacial score (nSPS) is 10.9. The molecule has 1 aromatic heterocycles. The smallest absolute Gasteiger partial charge is 0.314 e. The average molecular weight is 438 g/mol. The van der Waals surface area contributed by atoms with Crippen molar-refractivity contribution in [2.75, 3.05) is 10.6 Å². The number of anilines is 2. The first-order valence-electron chi connectivity index (χ1n) is 10.1. The lowest BCUT2D eigenvalue weighted by molar-refractivity contribution is -0.132. The van der Waals surface area contributed by atoms with Gasteiger partial charge in [0, 0.05) is 16.9 Å². The summed E-state index contributed by atoms with van der Waals surface area (Å²) in [7, 11) is 0. The molecular formula is C26H19N3O2S. The number of aryl methyl sites for hydroxylation is 1. The molecule has 1 heterocycles. The molecule has 0 saturated heterocycles. The summed E-state index contributed by atoms with van der Waals surface area (Å²) in [4.78, 5) is 29.4. The Morgan fingerprint density at radius 3 is 2.22 bits per heavy atom. The molecule has 32 heavy (non-hydrogen) atoms. The standard InChI is InChI=1S/C26H19N3O2S/c1-16-6-13-22-23(14-16)32-26(29-22)18-8-10-20(11-9-18)27-24(30)25(31)28-21-12-7-17-4-2-3-5-19(17)15-21/h2-15H,1H3,(H,27,30)(H,28,31). The third-order valence-electron chi connectivity index (χ3n) is 5.15. The van der Waals surface area contributed by atoms with Crippen molar-refractivity contribution in [2.45, 2.75) is 6.92 Å². The molecule has 0 fully saturated rings. The molecule has 5 nitrogen and oxygen atoms in total. The van der Waals surface area contributed by atoms with Crippen molar-refractivity contribution in [3.8, 4) is 10.6 Å². The van der Waals surface area contributed by atoms with E-state index in [0.29, 0.717) is 11.4 Å². The van der Waals surface area contributed by atoms with E-state index in [1.807, 2.05) is 60.7 Å². The average Bonchev–Trinajstić information content (AvgIpc) is 3.22. The van der Waals surface area contributed by atoms with Crippen molar-refractivity contribution in [1.29, 1.82) is 0 Å². The molecule has 0 aliphatic carbocycles. The minimum atomic E-state index is -0.721. The van der Waals surface area contributed by atoms with Crippen molar-refractivity contribution >= 4 is 55.5 Å². The van der Waals surface area contributed by atoms with Crippen LogP contribution in [0, 0.1) is 6.92 Å². The second kappa shape index (κ2) is 8.24. The van der Waals surface area contributed by atoms with Gasteiger partial charge >= 0.3 is 11.8 Å². The van der Waals surface area contributed by atoms with E-state index in [4.69, 9.17) is 0 Å². The van der Waals surface area contributed by atoms with Crippen molar-refractivity contribution in [1.82, 2.24) is 4.98 Å². The van der Waals surface area contributed by atoms with Gasteiger partial charge in [-0.1, -0.05) is 36.4 Å². The van der Waals surface area contributed by atoms with E-state index in [2.05, 4.69) is 28.6 Å². The van der Waals surface area contributed by atoms with Crippen LogP contribution >= 0.6 is 11.3 Å². The van der Waals surface area contributed by atoms with Gasteiger partial charge in [0.25, 0.3) is 0 Å². The molecule has 6 heteroatoms. The van der Waals surface area contributed by atoms with Gasteiger partial charge in [0.05, 0.1) is 10.2 Å². The van der Waals surface area contributed by atoms with Gasteiger partial charge in [-0.05, 0) is 71.8 Å². The van der Waals surface area contributed by atoms with Crippen LogP contribution in [0.2, 0.25) is 0 Å². The van der Waals surface area contributed by atoms with Gasteiger partial charge in [-0.15, -0.1) is 11.3 Å². The lowest BCUT2D eigenvalue weighted by Crippen LogP contribution is -2.29. The SMILES string of the molecule is Cc1ccc2nc(-c3ccc(NC(=O)C(=O)Nc4ccc5ccccc5c4)cc3)sc2c1. The number of carbonyl (C=O) groups excluding carboxylic acids is 2. The molecule has 0 saturated carbocycles. The molecule has 0 radical (unpaired) electrons. The van der Waals surface area contributed by atoms with Gasteiger partial charge in [0.15, 0.2) is 0 Å². The number of hydrogen-bond acceptors (Lipinski definition) is 4. The van der Waals surface area contributed by atoms with E-state index in [-0.39, 0.29) is 0 Å². The number of nitrogens with one attached hydrogen (secondary N) is 2. The predicted molar refractivity (Wildman–Crippen MR) is 131 cm³/mol. The highest BCUT2D eigenvalue weighted by Crippen LogP contribution is 2.31. The lowest BCUT2D eigenvalue weighted by atomic mass is 10.1. The van der Waals surface area contributed by atoms with Crippen LogP contribution in [0.1, 0.15) is 5.56 Å². The molecule has 0 aliphatic rings. The summed E-state index contributed by atoms with van der Waals surface area (Å²) in [6.45, 7) is 2.06. The number of fused-ring (bicyclic) bond motifs is 2. The lowest BCUT2D eigenvalue weighted by Gasteiger charge is -2.08. The Hall–Kier alpha value is -4.03. The number of carbonyl (C=O) groups is 2. The quantitative estimate of drug-likeness (QED) is 0.340. The van der Waals surface area contributed by atoms with E-state index in [1.165, 1.54) is 5.56 Å². The first-order chi connectivity index (χ1) is 15.5. The number of hydrogen-bond donors (Lipinski definition) is 2. The Labute approximate surface area is 188 Å². The molecule has 2 N–H and O–H groups in total. The first kappa shape index (κ1) is 19.9. The predicted octanol–water partition coefficient (Wildman–Crippen LogP) is 6.00.